The number of unbranched alkanes of at least 4 members (excludes halogenated alkanes) is 2. The Balaban J connectivity index is 0.000000326. The minimum Gasteiger partial charge on any atom is -0.354 e. The maximum absolute atomic E-state index is 11.9. The highest BCUT2D eigenvalue weighted by molar-refractivity contribution is 8.38. The van der Waals surface area contributed by atoms with Gasteiger partial charge in [-0.3, -0.25) is 4.98 Å². The van der Waals surface area contributed by atoms with E-state index in [4.69, 9.17) is 9.18 Å². The van der Waals surface area contributed by atoms with Crippen molar-refractivity contribution in [3.63, 3.8) is 0 Å². The molecule has 0 fully saturated rings. The first kappa shape index (κ1) is 39.5. The van der Waals surface area contributed by atoms with Crippen LogP contribution in [0.3, 0.4) is 0 Å². The van der Waals surface area contributed by atoms with Gasteiger partial charge in [-0.05, 0) is 67.5 Å². The van der Waals surface area contributed by atoms with E-state index in [0.717, 1.165) is 50.0 Å². The summed E-state index contributed by atoms with van der Waals surface area (Å²) in [6.45, 7) is 15.4. The van der Waals surface area contributed by atoms with E-state index in [1.807, 2.05) is 55.7 Å². The quantitative estimate of drug-likeness (QED) is 0.101. The summed E-state index contributed by atoms with van der Waals surface area (Å²) in [5.74, 6) is 2.55. The van der Waals surface area contributed by atoms with Crippen LogP contribution in [0.4, 0.5) is 11.6 Å². The van der Waals surface area contributed by atoms with Crippen LogP contribution in [0, 0.1) is 6.92 Å². The Labute approximate surface area is 286 Å². The van der Waals surface area contributed by atoms with Crippen molar-refractivity contribution in [2.75, 3.05) is 31.7 Å². The Morgan fingerprint density at radius 3 is 2.26 bits per heavy atom. The molecule has 0 aliphatic carbocycles. The van der Waals surface area contributed by atoms with Crippen molar-refractivity contribution in [1.29, 1.82) is 0 Å². The molecule has 0 radical (unpaired) electrons. The van der Waals surface area contributed by atoms with Crippen LogP contribution >= 0.6 is 23.5 Å². The molecule has 2 aromatic heterocycles. The number of nitrogens with one attached hydrogen (secondary N) is 1. The molecule has 1 aromatic carbocycles. The number of hydrogen-bond donors (Lipinski definition) is 1. The molecule has 46 heavy (non-hydrogen) atoms. The van der Waals surface area contributed by atoms with Gasteiger partial charge in [-0.1, -0.05) is 95.2 Å². The van der Waals surface area contributed by atoms with Gasteiger partial charge in [-0.25, -0.2) is 9.98 Å². The van der Waals surface area contributed by atoms with Crippen molar-refractivity contribution < 1.29 is 12.6 Å². The van der Waals surface area contributed by atoms with Gasteiger partial charge in [0.25, 0.3) is 0 Å². The molecule has 3 rings (SSSR count). The van der Waals surface area contributed by atoms with Crippen LogP contribution in [-0.4, -0.2) is 58.4 Å². The number of nitrogens with zero attached hydrogens (tertiary/aromatic N) is 5. The number of pyridine rings is 1. The molecular formula is C34H52N6O3S3. The second-order valence-electron chi connectivity index (χ2n) is 11.9. The van der Waals surface area contributed by atoms with Crippen molar-refractivity contribution in [2.24, 2.45) is 4.99 Å². The second-order valence-corrected chi connectivity index (χ2v) is 16.0. The summed E-state index contributed by atoms with van der Waals surface area (Å²) in [4.78, 5) is 17.5. The van der Waals surface area contributed by atoms with Crippen molar-refractivity contribution in [2.45, 2.75) is 91.7 Å². The number of aryl methyl sites for hydroxylation is 1. The Morgan fingerprint density at radius 2 is 1.70 bits per heavy atom. The van der Waals surface area contributed by atoms with Crippen LogP contribution in [0.1, 0.15) is 89.6 Å². The predicted octanol–water partition coefficient (Wildman–Crippen LogP) is 8.58. The van der Waals surface area contributed by atoms with E-state index in [1.54, 1.807) is 6.20 Å². The van der Waals surface area contributed by atoms with Crippen molar-refractivity contribution in [1.82, 2.24) is 19.3 Å². The lowest BCUT2D eigenvalue weighted by atomic mass is 9.87. The fourth-order valence-corrected chi connectivity index (χ4v) is 6.55. The lowest BCUT2D eigenvalue weighted by molar-refractivity contribution is 0.411. The zero-order valence-corrected chi connectivity index (χ0v) is 31.4. The molecule has 0 aliphatic heterocycles. The van der Waals surface area contributed by atoms with Crippen LogP contribution in [0.5, 0.6) is 5.88 Å². The molecule has 0 saturated carbocycles. The van der Waals surface area contributed by atoms with Gasteiger partial charge in [-0.15, -0.1) is 0 Å². The summed E-state index contributed by atoms with van der Waals surface area (Å²) >= 11 is 3.67. The third-order valence-electron chi connectivity index (χ3n) is 6.69. The summed E-state index contributed by atoms with van der Waals surface area (Å²) in [5, 5.41) is 2.98. The number of anilines is 1. The van der Waals surface area contributed by atoms with Crippen molar-refractivity contribution in [3.05, 3.63) is 71.2 Å². The summed E-state index contributed by atoms with van der Waals surface area (Å²) in [5.41, 5.74) is 5.32. The Morgan fingerprint density at radius 1 is 1.00 bits per heavy atom. The zero-order valence-electron chi connectivity index (χ0n) is 29.0. The first-order valence-corrected chi connectivity index (χ1v) is 19.2. The third-order valence-corrected chi connectivity index (χ3v) is 10.3. The Bertz CT molecular complexity index is 1460. The van der Waals surface area contributed by atoms with Gasteiger partial charge in [0.2, 0.25) is 11.8 Å². The van der Waals surface area contributed by atoms with Gasteiger partial charge in [0, 0.05) is 43.8 Å². The monoisotopic (exact) mass is 688 g/mol. The molecule has 12 heteroatoms. The summed E-state index contributed by atoms with van der Waals surface area (Å²) < 4.78 is 31.2. The Kier molecular flexibility index (Phi) is 17.1. The molecule has 0 unspecified atom stereocenters. The van der Waals surface area contributed by atoms with Gasteiger partial charge in [-0.2, -0.15) is 17.7 Å². The SMILES string of the molecule is CCCCS/C(=N\c1cccnc1)SCc1ccc(C(C)(C)C)cc1.CCCCc1c(C)nc(NCC)nc1OS(=O)(=O)N(C)C. The molecule has 0 amide bonds. The van der Waals surface area contributed by atoms with E-state index in [0.29, 0.717) is 18.9 Å². The first-order chi connectivity index (χ1) is 21.8. The largest absolute Gasteiger partial charge is 0.386 e. The number of thioether (sulfide) groups is 2. The molecule has 2 heterocycles. The molecule has 0 saturated heterocycles. The molecule has 0 atom stereocenters. The highest BCUT2D eigenvalue weighted by atomic mass is 32.2. The smallest absolute Gasteiger partial charge is 0.354 e. The number of hydrogen-bond acceptors (Lipinski definition) is 10. The maximum atomic E-state index is 11.9. The van der Waals surface area contributed by atoms with E-state index < -0.39 is 10.3 Å². The first-order valence-electron chi connectivity index (χ1n) is 15.9. The van der Waals surface area contributed by atoms with E-state index >= 15 is 0 Å². The highest BCUT2D eigenvalue weighted by Crippen LogP contribution is 2.28. The normalized spacial score (nSPS) is 12.1. The molecule has 9 nitrogen and oxygen atoms in total. The average molecular weight is 689 g/mol. The van der Waals surface area contributed by atoms with Gasteiger partial charge in [0.15, 0.2) is 0 Å². The minimum absolute atomic E-state index is 0.112. The van der Waals surface area contributed by atoms with E-state index in [2.05, 4.69) is 79.2 Å². The molecule has 3 aromatic rings. The van der Waals surface area contributed by atoms with Crippen molar-refractivity contribution >= 4 is 49.8 Å². The van der Waals surface area contributed by atoms with Crippen LogP contribution in [0.15, 0.2) is 53.8 Å². The molecule has 0 aliphatic rings. The summed E-state index contributed by atoms with van der Waals surface area (Å²) in [7, 11) is -0.998. The zero-order chi connectivity index (χ0) is 34.2. The molecule has 0 bridgehead atoms. The van der Waals surface area contributed by atoms with Crippen LogP contribution in [0.25, 0.3) is 0 Å². The van der Waals surface area contributed by atoms with Gasteiger partial charge in [0.05, 0.1) is 11.9 Å². The summed E-state index contributed by atoms with van der Waals surface area (Å²) in [6, 6.07) is 12.9. The molecule has 0 spiro atoms. The number of aliphatic imine (C=N–C) groups is 1. The number of benzene rings is 1. The third kappa shape index (κ3) is 14.0. The van der Waals surface area contributed by atoms with Gasteiger partial charge < -0.3 is 9.50 Å². The van der Waals surface area contributed by atoms with Crippen molar-refractivity contribution in [3.8, 4) is 5.88 Å². The predicted molar refractivity (Wildman–Crippen MR) is 198 cm³/mol. The fraction of sp³-hybridized carbons (Fsp3) is 0.529. The van der Waals surface area contributed by atoms with Gasteiger partial charge >= 0.3 is 10.3 Å². The lowest BCUT2D eigenvalue weighted by Crippen LogP contribution is -2.28. The van der Waals surface area contributed by atoms with E-state index in [9.17, 15) is 8.42 Å². The Hall–Kier alpha value is -2.67. The molecule has 1 N–H and O–H groups in total. The molecular weight excluding hydrogens is 637 g/mol. The maximum Gasteiger partial charge on any atom is 0.386 e. The standard InChI is InChI=1S/C21H28N2S2.C13H24N4O3S/c1-5-6-14-24-20(23-19-8-7-13-22-15-19)25-16-17-9-11-18(12-10-17)21(2,3)4;1-6-8-9-11-10(3)15-13(14-7-2)16-12(11)20-21(18,19)17(4)5/h7-13,15H,5-6,14,16H2,1-4H3;6-9H2,1-5H3,(H,14,15,16)/b23-20+;. The molecule has 254 valence electrons. The van der Waals surface area contributed by atoms with Crippen LogP contribution in [0.2, 0.25) is 0 Å². The van der Waals surface area contributed by atoms with E-state index in [-0.39, 0.29) is 11.3 Å². The van der Waals surface area contributed by atoms with Gasteiger partial charge in [0.1, 0.15) is 4.38 Å². The number of rotatable bonds is 14. The van der Waals surface area contributed by atoms with Crippen LogP contribution in [-0.2, 0) is 27.9 Å². The lowest BCUT2D eigenvalue weighted by Gasteiger charge is -2.19. The second kappa shape index (κ2) is 19.9. The fourth-order valence-electron chi connectivity index (χ4n) is 3.87. The summed E-state index contributed by atoms with van der Waals surface area (Å²) in [6.07, 6.45) is 8.64. The number of aromatic nitrogens is 3. The highest BCUT2D eigenvalue weighted by Gasteiger charge is 2.22. The van der Waals surface area contributed by atoms with E-state index in [1.165, 1.54) is 38.1 Å². The minimum atomic E-state index is -3.83. The van der Waals surface area contributed by atoms with Crippen LogP contribution < -0.4 is 9.50 Å². The average Bonchev–Trinajstić information content (AvgIpc) is 3.00. The topological polar surface area (TPSA) is 110 Å².